The number of fused-ring (bicyclic) bond motifs is 5. The Bertz CT molecular complexity index is 1510. The van der Waals surface area contributed by atoms with Crippen LogP contribution in [0.2, 0.25) is 0 Å². The van der Waals surface area contributed by atoms with Crippen molar-refractivity contribution in [1.82, 2.24) is 9.55 Å². The van der Waals surface area contributed by atoms with E-state index in [2.05, 4.69) is 0 Å². The first-order valence-corrected chi connectivity index (χ1v) is 11.4. The predicted octanol–water partition coefficient (Wildman–Crippen LogP) is 1.62. The van der Waals surface area contributed by atoms with Crippen molar-refractivity contribution in [3.05, 3.63) is 61.7 Å². The van der Waals surface area contributed by atoms with Gasteiger partial charge in [-0.3, -0.25) is 4.79 Å². The van der Waals surface area contributed by atoms with Gasteiger partial charge in [-0.1, -0.05) is 6.92 Å². The Morgan fingerprint density at radius 1 is 1.26 bits per heavy atom. The van der Waals surface area contributed by atoms with E-state index in [-0.39, 0.29) is 48.7 Å². The summed E-state index contributed by atoms with van der Waals surface area (Å²) in [4.78, 5) is 30.6. The number of carbonyl (C=O) groups excluding carboxylic acids is 1. The van der Waals surface area contributed by atoms with Crippen molar-refractivity contribution in [3.8, 4) is 11.4 Å². The molecule has 0 spiro atoms. The molecule has 0 radical (unpaired) electrons. The Morgan fingerprint density at radius 3 is 2.74 bits per heavy atom. The Morgan fingerprint density at radius 2 is 2.03 bits per heavy atom. The molecule has 0 saturated carbocycles. The number of benzene rings is 1. The number of cyclic esters (lactones) is 1. The number of rotatable bonds is 2. The van der Waals surface area contributed by atoms with Crippen LogP contribution in [0.15, 0.2) is 16.9 Å². The van der Waals surface area contributed by atoms with E-state index in [9.17, 15) is 24.2 Å². The zero-order chi connectivity index (χ0) is 24.2. The number of hydrogen-bond acceptors (Lipinski definition) is 7. The number of ether oxygens (including phenoxy) is 1. The van der Waals surface area contributed by atoms with Gasteiger partial charge in [0, 0.05) is 22.6 Å². The highest BCUT2D eigenvalue weighted by atomic mass is 19.1. The SMILES string of the molecule is CC[C@@]1(O)C(=O)OCc2c1cc1n(c2=O)Cc2c-1nc1cc(F)c(C)c3c1c2[C@@](N)(CO)CC3. The molecule has 3 aromatic rings. The molecule has 34 heavy (non-hydrogen) atoms. The largest absolute Gasteiger partial charge is 0.458 e. The molecule has 2 atom stereocenters. The van der Waals surface area contributed by atoms with Gasteiger partial charge in [0.05, 0.1) is 41.2 Å². The molecule has 2 aliphatic heterocycles. The van der Waals surface area contributed by atoms with Crippen LogP contribution in [-0.4, -0.2) is 32.3 Å². The molecule has 0 fully saturated rings. The maximum absolute atomic E-state index is 14.8. The van der Waals surface area contributed by atoms with Gasteiger partial charge in [-0.05, 0) is 48.9 Å². The number of aromatic nitrogens is 2. The first kappa shape index (κ1) is 21.4. The van der Waals surface area contributed by atoms with Crippen LogP contribution in [0.5, 0.6) is 0 Å². The molecule has 0 bridgehead atoms. The number of aliphatic hydroxyl groups excluding tert-OH is 1. The minimum atomic E-state index is -1.94. The van der Waals surface area contributed by atoms with Crippen molar-refractivity contribution in [1.29, 1.82) is 0 Å². The maximum atomic E-state index is 14.8. The minimum Gasteiger partial charge on any atom is -0.458 e. The normalized spacial score (nSPS) is 24.6. The number of aryl methyl sites for hydroxylation is 1. The zero-order valence-electron chi connectivity index (χ0n) is 18.9. The molecule has 8 nitrogen and oxygen atoms in total. The second kappa shape index (κ2) is 6.71. The lowest BCUT2D eigenvalue weighted by Gasteiger charge is -2.36. The highest BCUT2D eigenvalue weighted by Gasteiger charge is 2.46. The van der Waals surface area contributed by atoms with Gasteiger partial charge in [-0.25, -0.2) is 14.2 Å². The number of nitrogens with two attached hydrogens (primary N) is 1. The fraction of sp³-hybridized carbons (Fsp3) is 0.400. The highest BCUT2D eigenvalue weighted by Crippen LogP contribution is 2.47. The summed E-state index contributed by atoms with van der Waals surface area (Å²) in [6.07, 6.45) is 0.968. The van der Waals surface area contributed by atoms with E-state index < -0.39 is 17.1 Å². The molecule has 2 aromatic heterocycles. The van der Waals surface area contributed by atoms with Crippen molar-refractivity contribution in [2.24, 2.45) is 5.73 Å². The van der Waals surface area contributed by atoms with Crippen molar-refractivity contribution in [3.63, 3.8) is 0 Å². The summed E-state index contributed by atoms with van der Waals surface area (Å²) in [6, 6.07) is 2.98. The Kier molecular flexibility index (Phi) is 4.23. The van der Waals surface area contributed by atoms with Crippen LogP contribution in [0.1, 0.15) is 53.1 Å². The lowest BCUT2D eigenvalue weighted by molar-refractivity contribution is -0.172. The number of esters is 1. The van der Waals surface area contributed by atoms with Crippen LogP contribution < -0.4 is 11.3 Å². The Balaban J connectivity index is 1.72. The van der Waals surface area contributed by atoms with Gasteiger partial charge in [-0.2, -0.15) is 0 Å². The van der Waals surface area contributed by atoms with Gasteiger partial charge in [0.15, 0.2) is 5.60 Å². The van der Waals surface area contributed by atoms with E-state index in [1.165, 1.54) is 10.6 Å². The van der Waals surface area contributed by atoms with Crippen LogP contribution >= 0.6 is 0 Å². The molecule has 9 heteroatoms. The standard InChI is InChI=1S/C25H24FN3O5/c1-3-25(33)15-6-18-21-13(8-29(18)22(31)14(15)9-34-23(25)32)20-19-12(4-5-24(20,27)10-30)11(2)16(26)7-17(19)28-21/h6-7,30,33H,3-5,8-10,27H2,1-2H3/t24-,25-/m0/s1. The lowest BCUT2D eigenvalue weighted by atomic mass is 9.74. The van der Waals surface area contributed by atoms with E-state index in [0.29, 0.717) is 46.4 Å². The van der Waals surface area contributed by atoms with Crippen molar-refractivity contribution in [2.75, 3.05) is 6.61 Å². The van der Waals surface area contributed by atoms with Crippen LogP contribution in [0.3, 0.4) is 0 Å². The second-order valence-electron chi connectivity index (χ2n) is 9.59. The monoisotopic (exact) mass is 465 g/mol. The van der Waals surface area contributed by atoms with E-state index in [4.69, 9.17) is 15.5 Å². The van der Waals surface area contributed by atoms with Gasteiger partial charge in [0.1, 0.15) is 12.4 Å². The molecule has 0 saturated heterocycles. The summed E-state index contributed by atoms with van der Waals surface area (Å²) in [7, 11) is 0. The Labute approximate surface area is 193 Å². The smallest absolute Gasteiger partial charge is 0.343 e. The molecule has 0 unspecified atom stereocenters. The summed E-state index contributed by atoms with van der Waals surface area (Å²) in [5.74, 6) is -1.17. The quantitative estimate of drug-likeness (QED) is 0.384. The average molecular weight is 465 g/mol. The first-order chi connectivity index (χ1) is 16.1. The van der Waals surface area contributed by atoms with Crippen LogP contribution in [0, 0.1) is 12.7 Å². The number of pyridine rings is 2. The lowest BCUT2D eigenvalue weighted by Crippen LogP contribution is -2.44. The summed E-state index contributed by atoms with van der Waals surface area (Å²) in [5, 5.41) is 22.1. The predicted molar refractivity (Wildman–Crippen MR) is 120 cm³/mol. The van der Waals surface area contributed by atoms with Crippen molar-refractivity contribution >= 4 is 16.9 Å². The fourth-order valence-corrected chi connectivity index (χ4v) is 5.88. The number of nitrogens with zero attached hydrogens (tertiary/aromatic N) is 2. The molecule has 176 valence electrons. The number of hydrogen-bond donors (Lipinski definition) is 3. The summed E-state index contributed by atoms with van der Waals surface area (Å²) < 4.78 is 21.4. The summed E-state index contributed by atoms with van der Waals surface area (Å²) >= 11 is 0. The second-order valence-corrected chi connectivity index (χ2v) is 9.59. The van der Waals surface area contributed by atoms with Gasteiger partial charge >= 0.3 is 5.97 Å². The molecule has 1 aromatic carbocycles. The topological polar surface area (TPSA) is 128 Å². The molecule has 0 amide bonds. The van der Waals surface area contributed by atoms with E-state index >= 15 is 0 Å². The fourth-order valence-electron chi connectivity index (χ4n) is 5.88. The van der Waals surface area contributed by atoms with Crippen LogP contribution in [0.4, 0.5) is 4.39 Å². The number of carbonyl (C=O) groups is 1. The van der Waals surface area contributed by atoms with Crippen molar-refractivity contribution in [2.45, 2.75) is 57.4 Å². The average Bonchev–Trinajstić information content (AvgIpc) is 3.19. The summed E-state index contributed by atoms with van der Waals surface area (Å²) in [6.45, 7) is 3.00. The summed E-state index contributed by atoms with van der Waals surface area (Å²) in [5.41, 5.74) is 7.74. The van der Waals surface area contributed by atoms with Crippen molar-refractivity contribution < 1.29 is 24.1 Å². The molecular weight excluding hydrogens is 441 g/mol. The van der Waals surface area contributed by atoms with Crippen LogP contribution in [0.25, 0.3) is 22.3 Å². The number of aliphatic hydroxyl groups is 2. The van der Waals surface area contributed by atoms with Gasteiger partial charge in [0.25, 0.3) is 5.56 Å². The Hall–Kier alpha value is -3.14. The molecular formula is C25H24FN3O5. The molecule has 4 N–H and O–H groups in total. The third kappa shape index (κ3) is 2.44. The third-order valence-electron chi connectivity index (χ3n) is 7.90. The molecule has 1 aliphatic carbocycles. The molecule has 6 rings (SSSR count). The van der Waals surface area contributed by atoms with E-state index in [1.807, 2.05) is 0 Å². The minimum absolute atomic E-state index is 0.0370. The molecule has 4 heterocycles. The third-order valence-corrected chi connectivity index (χ3v) is 7.90. The van der Waals surface area contributed by atoms with E-state index in [1.54, 1.807) is 19.9 Å². The maximum Gasteiger partial charge on any atom is 0.343 e. The molecule has 3 aliphatic rings. The van der Waals surface area contributed by atoms with E-state index in [0.717, 1.165) is 10.9 Å². The highest BCUT2D eigenvalue weighted by molar-refractivity contribution is 5.93. The first-order valence-electron chi connectivity index (χ1n) is 11.4. The van der Waals surface area contributed by atoms with Gasteiger partial charge in [0.2, 0.25) is 0 Å². The van der Waals surface area contributed by atoms with Gasteiger partial charge in [-0.15, -0.1) is 0 Å². The van der Waals surface area contributed by atoms with Gasteiger partial charge < -0.3 is 25.3 Å². The van der Waals surface area contributed by atoms with Crippen LogP contribution in [-0.2, 0) is 40.2 Å². The zero-order valence-corrected chi connectivity index (χ0v) is 18.9. The number of halogens is 1.